The zero-order valence-electron chi connectivity index (χ0n) is 16.5. The first-order valence-electron chi connectivity index (χ1n) is 8.61. The number of anilines is 1. The van der Waals surface area contributed by atoms with Crippen molar-refractivity contribution in [3.05, 3.63) is 42.6 Å². The first-order chi connectivity index (χ1) is 12.5. The molecule has 0 aliphatic carbocycles. The molecule has 7 nitrogen and oxygen atoms in total. The number of hydrogen-bond acceptors (Lipinski definition) is 6. The second-order valence-corrected chi connectivity index (χ2v) is 7.89. The predicted octanol–water partition coefficient (Wildman–Crippen LogP) is 4.82. The number of nitrogens with zero attached hydrogens (tertiary/aromatic N) is 3. The third-order valence-corrected chi connectivity index (χ3v) is 3.04. The molecule has 0 radical (unpaired) electrons. The maximum absolute atomic E-state index is 12.7. The van der Waals surface area contributed by atoms with Crippen LogP contribution in [0, 0.1) is 0 Å². The molecule has 0 fully saturated rings. The van der Waals surface area contributed by atoms with Gasteiger partial charge in [-0.3, -0.25) is 4.98 Å². The van der Waals surface area contributed by atoms with Crippen LogP contribution in [-0.4, -0.2) is 33.4 Å². The molecule has 0 spiro atoms. The van der Waals surface area contributed by atoms with Gasteiger partial charge in [-0.2, -0.15) is 4.90 Å². The highest BCUT2D eigenvalue weighted by Gasteiger charge is 2.33. The molecule has 0 bridgehead atoms. The maximum Gasteiger partial charge on any atom is 0.425 e. The van der Waals surface area contributed by atoms with Crippen LogP contribution in [0.1, 0.15) is 41.5 Å². The van der Waals surface area contributed by atoms with Crippen molar-refractivity contribution >= 4 is 18.0 Å². The summed E-state index contributed by atoms with van der Waals surface area (Å²) < 4.78 is 10.7. The summed E-state index contributed by atoms with van der Waals surface area (Å²) in [5.74, 6) is 0.0988. The van der Waals surface area contributed by atoms with Gasteiger partial charge >= 0.3 is 12.2 Å². The summed E-state index contributed by atoms with van der Waals surface area (Å²) in [6.45, 7) is 10.3. The summed E-state index contributed by atoms with van der Waals surface area (Å²) in [7, 11) is 0. The second-order valence-electron chi connectivity index (χ2n) is 7.89. The Kier molecular flexibility index (Phi) is 5.83. The Labute approximate surface area is 159 Å². The fourth-order valence-electron chi connectivity index (χ4n) is 2.08. The van der Waals surface area contributed by atoms with Crippen molar-refractivity contribution in [3.63, 3.8) is 0 Å². The Morgan fingerprint density at radius 1 is 0.815 bits per heavy atom. The highest BCUT2D eigenvalue weighted by molar-refractivity contribution is 6.08. The number of carbonyl (C=O) groups excluding carboxylic acids is 2. The molecule has 0 aliphatic heterocycles. The minimum absolute atomic E-state index is 0.0988. The average molecular weight is 371 g/mol. The van der Waals surface area contributed by atoms with Gasteiger partial charge in [0, 0.05) is 6.20 Å². The topological polar surface area (TPSA) is 81.6 Å². The zero-order chi connectivity index (χ0) is 20.2. The number of hydrogen-bond donors (Lipinski definition) is 0. The maximum atomic E-state index is 12.7. The summed E-state index contributed by atoms with van der Waals surface area (Å²) in [6, 6.07) is 10.4. The van der Waals surface area contributed by atoms with Gasteiger partial charge in [0.05, 0.1) is 11.4 Å². The van der Waals surface area contributed by atoms with Gasteiger partial charge in [-0.05, 0) is 65.8 Å². The fourth-order valence-corrected chi connectivity index (χ4v) is 2.08. The van der Waals surface area contributed by atoms with Gasteiger partial charge in [-0.25, -0.2) is 14.6 Å². The fraction of sp³-hybridized carbons (Fsp3) is 0.400. The van der Waals surface area contributed by atoms with Crippen molar-refractivity contribution in [3.8, 4) is 11.4 Å². The normalized spacial score (nSPS) is 11.6. The summed E-state index contributed by atoms with van der Waals surface area (Å²) >= 11 is 0. The Morgan fingerprint density at radius 3 is 1.85 bits per heavy atom. The van der Waals surface area contributed by atoms with Crippen LogP contribution in [0.25, 0.3) is 11.4 Å². The minimum atomic E-state index is -0.859. The molecule has 0 saturated carbocycles. The van der Waals surface area contributed by atoms with Gasteiger partial charge in [0.1, 0.15) is 17.0 Å². The van der Waals surface area contributed by atoms with E-state index in [-0.39, 0.29) is 5.82 Å². The van der Waals surface area contributed by atoms with Crippen LogP contribution < -0.4 is 4.90 Å². The Balaban J connectivity index is 2.44. The van der Waals surface area contributed by atoms with E-state index in [9.17, 15) is 9.59 Å². The third-order valence-electron chi connectivity index (χ3n) is 3.04. The number of rotatable bonds is 2. The molecule has 0 saturated heterocycles. The standard InChI is InChI=1S/C20H25N3O4/c1-19(2,3)26-17(24)23(18(25)27-20(4,5)6)16-12-9-11-15(22-16)14-10-7-8-13-21-14/h7-13H,1-6H3. The SMILES string of the molecule is CC(C)(C)OC(=O)N(C(=O)OC(C)(C)C)c1cccc(-c2ccccn2)n1. The number of amides is 2. The van der Waals surface area contributed by atoms with Gasteiger partial charge in [-0.15, -0.1) is 0 Å². The van der Waals surface area contributed by atoms with Crippen molar-refractivity contribution in [1.29, 1.82) is 0 Å². The van der Waals surface area contributed by atoms with E-state index >= 15 is 0 Å². The Bertz CT molecular complexity index is 780. The van der Waals surface area contributed by atoms with Crippen LogP contribution >= 0.6 is 0 Å². The quantitative estimate of drug-likeness (QED) is 0.753. The van der Waals surface area contributed by atoms with Crippen molar-refractivity contribution in [2.75, 3.05) is 4.90 Å². The average Bonchev–Trinajstić information content (AvgIpc) is 2.52. The molecule has 27 heavy (non-hydrogen) atoms. The van der Waals surface area contributed by atoms with Gasteiger partial charge in [0.15, 0.2) is 0 Å². The number of carbonyl (C=O) groups is 2. The highest BCUT2D eigenvalue weighted by Crippen LogP contribution is 2.23. The van der Waals surface area contributed by atoms with Crippen molar-refractivity contribution in [1.82, 2.24) is 9.97 Å². The van der Waals surface area contributed by atoms with Crippen LogP contribution in [0.4, 0.5) is 15.4 Å². The van der Waals surface area contributed by atoms with Crippen molar-refractivity contribution in [2.45, 2.75) is 52.7 Å². The van der Waals surface area contributed by atoms with E-state index < -0.39 is 23.4 Å². The van der Waals surface area contributed by atoms with Gasteiger partial charge < -0.3 is 9.47 Å². The van der Waals surface area contributed by atoms with Crippen molar-refractivity contribution < 1.29 is 19.1 Å². The van der Waals surface area contributed by atoms with E-state index in [1.807, 2.05) is 6.07 Å². The monoisotopic (exact) mass is 371 g/mol. The molecule has 144 valence electrons. The van der Waals surface area contributed by atoms with Crippen LogP contribution in [-0.2, 0) is 9.47 Å². The van der Waals surface area contributed by atoms with Gasteiger partial charge in [-0.1, -0.05) is 12.1 Å². The van der Waals surface area contributed by atoms with Gasteiger partial charge in [0.25, 0.3) is 0 Å². The molecule has 0 N–H and O–H groups in total. The molecular formula is C20H25N3O4. The minimum Gasteiger partial charge on any atom is -0.443 e. The lowest BCUT2D eigenvalue weighted by atomic mass is 10.2. The first kappa shape index (κ1) is 20.4. The van der Waals surface area contributed by atoms with E-state index in [2.05, 4.69) is 9.97 Å². The van der Waals surface area contributed by atoms with Crippen LogP contribution in [0.15, 0.2) is 42.6 Å². The lowest BCUT2D eigenvalue weighted by molar-refractivity contribution is 0.0429. The summed E-state index contributed by atoms with van der Waals surface area (Å²) in [5.41, 5.74) is -0.427. The van der Waals surface area contributed by atoms with E-state index in [1.165, 1.54) is 0 Å². The molecule has 2 aromatic heterocycles. The highest BCUT2D eigenvalue weighted by atomic mass is 16.6. The second kappa shape index (κ2) is 7.73. The molecule has 0 atom stereocenters. The molecule has 2 amide bonds. The van der Waals surface area contributed by atoms with E-state index in [1.54, 1.807) is 78.1 Å². The largest absolute Gasteiger partial charge is 0.443 e. The number of imide groups is 1. The van der Waals surface area contributed by atoms with Crippen molar-refractivity contribution in [2.24, 2.45) is 0 Å². The number of ether oxygens (including phenoxy) is 2. The molecular weight excluding hydrogens is 346 g/mol. The summed E-state index contributed by atoms with van der Waals surface area (Å²) in [6.07, 6.45) is -0.0757. The number of pyridine rings is 2. The summed E-state index contributed by atoms with van der Waals surface area (Å²) in [5, 5.41) is 0. The third kappa shape index (κ3) is 6.06. The lowest BCUT2D eigenvalue weighted by Crippen LogP contribution is -2.44. The molecule has 2 rings (SSSR count). The molecule has 7 heteroatoms. The lowest BCUT2D eigenvalue weighted by Gasteiger charge is -2.28. The van der Waals surface area contributed by atoms with Gasteiger partial charge in [0.2, 0.25) is 0 Å². The number of aromatic nitrogens is 2. The van der Waals surface area contributed by atoms with E-state index in [4.69, 9.17) is 9.47 Å². The zero-order valence-corrected chi connectivity index (χ0v) is 16.5. The van der Waals surface area contributed by atoms with Crippen LogP contribution in [0.5, 0.6) is 0 Å². The van der Waals surface area contributed by atoms with Crippen LogP contribution in [0.3, 0.4) is 0 Å². The summed E-state index contributed by atoms with van der Waals surface area (Å²) in [4.78, 5) is 34.8. The first-order valence-corrected chi connectivity index (χ1v) is 8.61. The van der Waals surface area contributed by atoms with E-state index in [0.29, 0.717) is 11.4 Å². The molecule has 0 aliphatic rings. The Morgan fingerprint density at radius 2 is 1.37 bits per heavy atom. The smallest absolute Gasteiger partial charge is 0.425 e. The predicted molar refractivity (Wildman–Crippen MR) is 102 cm³/mol. The molecule has 0 unspecified atom stereocenters. The molecule has 2 aromatic rings. The molecule has 2 heterocycles. The van der Waals surface area contributed by atoms with Crippen LogP contribution in [0.2, 0.25) is 0 Å². The molecule has 0 aromatic carbocycles. The van der Waals surface area contributed by atoms with E-state index in [0.717, 1.165) is 4.90 Å². The Hall–Kier alpha value is -2.96.